The molecular weight excluding hydrogens is 386 g/mol. The minimum absolute atomic E-state index is 0.0349. The monoisotopic (exact) mass is 417 g/mol. The molecule has 1 nitrogen and oxygen atoms in total. The number of hydrogen-bond donors (Lipinski definition) is 0. The fourth-order valence-corrected chi connectivity index (χ4v) is 6.80. The smallest absolute Gasteiger partial charge is 0.0408 e. The van der Waals surface area contributed by atoms with Gasteiger partial charge in [-0.1, -0.05) is 74.5 Å². The predicted octanol–water partition coefficient (Wildman–Crippen LogP) is 7.76. The summed E-state index contributed by atoms with van der Waals surface area (Å²) in [5.41, 5.74) is 15.7. The molecule has 0 aromatic heterocycles. The normalized spacial score (nSPS) is 21.9. The van der Waals surface area contributed by atoms with Crippen LogP contribution in [0.15, 0.2) is 106 Å². The van der Waals surface area contributed by atoms with Crippen LogP contribution in [0, 0.1) is 11.3 Å². The zero-order valence-corrected chi connectivity index (χ0v) is 20.0. The molecule has 0 spiro atoms. The molecule has 2 aromatic rings. The third-order valence-electron chi connectivity index (χ3n) is 8.43. The van der Waals surface area contributed by atoms with E-state index in [1.165, 1.54) is 61.5 Å². The summed E-state index contributed by atoms with van der Waals surface area (Å²) in [6.45, 7) is 11.7. The van der Waals surface area contributed by atoms with Gasteiger partial charge < -0.3 is 4.90 Å². The Labute approximate surface area is 192 Å². The Kier molecular flexibility index (Phi) is 3.97. The van der Waals surface area contributed by atoms with Crippen LogP contribution in [-0.4, -0.2) is 11.9 Å². The maximum Gasteiger partial charge on any atom is 0.0408 e. The molecule has 1 heterocycles. The van der Waals surface area contributed by atoms with Crippen LogP contribution in [0.5, 0.6) is 0 Å². The maximum absolute atomic E-state index is 2.50. The summed E-state index contributed by atoms with van der Waals surface area (Å²) >= 11 is 0. The van der Waals surface area contributed by atoms with Crippen LogP contribution in [0.4, 0.5) is 0 Å². The molecule has 0 N–H and O–H groups in total. The minimum atomic E-state index is -0.0349. The number of nitrogens with zero attached hydrogens (tertiary/aromatic N) is 1. The average molecular weight is 418 g/mol. The van der Waals surface area contributed by atoms with Crippen molar-refractivity contribution in [1.82, 2.24) is 4.90 Å². The van der Waals surface area contributed by atoms with Crippen molar-refractivity contribution in [3.63, 3.8) is 0 Å². The van der Waals surface area contributed by atoms with Gasteiger partial charge in [-0.3, -0.25) is 0 Å². The predicted molar refractivity (Wildman–Crippen MR) is 134 cm³/mol. The molecule has 0 radical (unpaired) electrons. The lowest BCUT2D eigenvalue weighted by molar-refractivity contribution is 0.397. The van der Waals surface area contributed by atoms with E-state index in [-0.39, 0.29) is 5.41 Å². The van der Waals surface area contributed by atoms with Crippen LogP contribution in [0.3, 0.4) is 0 Å². The summed E-state index contributed by atoms with van der Waals surface area (Å²) in [5.74, 6) is 0.761. The maximum atomic E-state index is 2.50. The van der Waals surface area contributed by atoms with Crippen molar-refractivity contribution in [2.24, 2.45) is 11.3 Å². The molecule has 1 heteroatoms. The van der Waals surface area contributed by atoms with Crippen molar-refractivity contribution in [3.05, 3.63) is 117 Å². The van der Waals surface area contributed by atoms with Crippen molar-refractivity contribution in [2.75, 3.05) is 7.05 Å². The van der Waals surface area contributed by atoms with Gasteiger partial charge >= 0.3 is 0 Å². The largest absolute Gasteiger partial charge is 0.351 e. The lowest BCUT2D eigenvalue weighted by atomic mass is 9.66. The highest BCUT2D eigenvalue weighted by Gasteiger charge is 2.45. The van der Waals surface area contributed by atoms with E-state index < -0.39 is 0 Å². The van der Waals surface area contributed by atoms with Crippen molar-refractivity contribution in [3.8, 4) is 11.1 Å². The zero-order valence-electron chi connectivity index (χ0n) is 20.0. The first-order valence-electron chi connectivity index (χ1n) is 11.8. The van der Waals surface area contributed by atoms with Crippen molar-refractivity contribution >= 4 is 0 Å². The number of hydrogen-bond acceptors (Lipinski definition) is 1. The SMILES string of the molecule is CC1=CC2=CC3C(=CC2=C1C(C)(C)C1c2ccccc2-c2ccccc21)N(C)C(C)=C3C. The quantitative estimate of drug-likeness (QED) is 0.482. The summed E-state index contributed by atoms with van der Waals surface area (Å²) in [6, 6.07) is 18.0. The molecular formula is C31H31N. The molecule has 32 heavy (non-hydrogen) atoms. The van der Waals surface area contributed by atoms with Crippen LogP contribution in [-0.2, 0) is 0 Å². The second-order valence-corrected chi connectivity index (χ2v) is 10.4. The van der Waals surface area contributed by atoms with Crippen molar-refractivity contribution in [1.29, 1.82) is 0 Å². The average Bonchev–Trinajstić information content (AvgIpc) is 3.37. The second kappa shape index (κ2) is 6.48. The molecule has 160 valence electrons. The molecule has 0 saturated heterocycles. The molecule has 1 atom stereocenters. The highest BCUT2D eigenvalue weighted by Crippen LogP contribution is 2.59. The van der Waals surface area contributed by atoms with Crippen LogP contribution in [0.2, 0.25) is 0 Å². The molecule has 6 rings (SSSR count). The second-order valence-electron chi connectivity index (χ2n) is 10.4. The number of allylic oxidation sites excluding steroid dienone is 8. The van der Waals surface area contributed by atoms with Gasteiger partial charge in [-0.2, -0.15) is 0 Å². The number of benzene rings is 2. The fourth-order valence-electron chi connectivity index (χ4n) is 6.80. The lowest BCUT2D eigenvalue weighted by Gasteiger charge is -2.37. The molecule has 0 fully saturated rings. The third-order valence-corrected chi connectivity index (χ3v) is 8.43. The van der Waals surface area contributed by atoms with Gasteiger partial charge in [0.2, 0.25) is 0 Å². The first-order chi connectivity index (χ1) is 15.3. The van der Waals surface area contributed by atoms with Gasteiger partial charge in [-0.05, 0) is 77.0 Å². The molecule has 0 amide bonds. The van der Waals surface area contributed by atoms with Crippen LogP contribution < -0.4 is 0 Å². The molecule has 3 aliphatic carbocycles. The van der Waals surface area contributed by atoms with E-state index in [4.69, 9.17) is 0 Å². The summed E-state index contributed by atoms with van der Waals surface area (Å²) in [4.78, 5) is 2.39. The van der Waals surface area contributed by atoms with Gasteiger partial charge in [0.25, 0.3) is 0 Å². The Balaban J connectivity index is 1.55. The molecule has 0 bridgehead atoms. The van der Waals surface area contributed by atoms with Crippen LogP contribution in [0.25, 0.3) is 11.1 Å². The van der Waals surface area contributed by atoms with E-state index in [0.717, 1.165) is 0 Å². The Hall–Kier alpha value is -3.06. The van der Waals surface area contributed by atoms with Gasteiger partial charge in [0.1, 0.15) is 0 Å². The van der Waals surface area contributed by atoms with Gasteiger partial charge in [0.05, 0.1) is 0 Å². The van der Waals surface area contributed by atoms with E-state index in [0.29, 0.717) is 11.8 Å². The fraction of sp³-hybridized carbons (Fsp3) is 0.290. The summed E-state index contributed by atoms with van der Waals surface area (Å²) < 4.78 is 0. The molecule has 4 aliphatic rings. The van der Waals surface area contributed by atoms with Crippen LogP contribution >= 0.6 is 0 Å². The molecule has 2 aromatic carbocycles. The van der Waals surface area contributed by atoms with E-state index in [2.05, 4.69) is 113 Å². The van der Waals surface area contributed by atoms with Crippen LogP contribution in [0.1, 0.15) is 51.7 Å². The number of rotatable bonds is 2. The Bertz CT molecular complexity index is 1290. The first kappa shape index (κ1) is 19.6. The Morgan fingerprint density at radius 1 is 0.812 bits per heavy atom. The highest BCUT2D eigenvalue weighted by atomic mass is 15.1. The topological polar surface area (TPSA) is 3.24 Å². The van der Waals surface area contributed by atoms with Crippen molar-refractivity contribution < 1.29 is 0 Å². The Morgan fingerprint density at radius 3 is 2.03 bits per heavy atom. The van der Waals surface area contributed by atoms with Gasteiger partial charge in [0, 0.05) is 35.7 Å². The summed E-state index contributed by atoms with van der Waals surface area (Å²) in [5, 5.41) is 0. The van der Waals surface area contributed by atoms with E-state index in [1.54, 1.807) is 0 Å². The zero-order chi connectivity index (χ0) is 22.4. The van der Waals surface area contributed by atoms with E-state index >= 15 is 0 Å². The lowest BCUT2D eigenvalue weighted by Crippen LogP contribution is -2.26. The third kappa shape index (κ3) is 2.40. The Morgan fingerprint density at radius 2 is 1.41 bits per heavy atom. The number of fused-ring (bicyclic) bond motifs is 5. The summed E-state index contributed by atoms with van der Waals surface area (Å²) in [7, 11) is 2.22. The molecule has 1 unspecified atom stereocenters. The highest BCUT2D eigenvalue weighted by molar-refractivity contribution is 5.80. The molecule has 1 aliphatic heterocycles. The first-order valence-corrected chi connectivity index (χ1v) is 11.8. The minimum Gasteiger partial charge on any atom is -0.351 e. The molecule has 0 saturated carbocycles. The standard InChI is InChI=1S/C31H31N/c1-18-15-21-16-26-19(2)20(3)32(6)28(26)17-27(21)29(18)31(4,5)30-24-13-9-7-11-22(24)23-12-8-10-14-25(23)30/h7-17,26,30H,1-6H3. The van der Waals surface area contributed by atoms with Crippen molar-refractivity contribution in [2.45, 2.75) is 40.5 Å². The van der Waals surface area contributed by atoms with E-state index in [9.17, 15) is 0 Å². The van der Waals surface area contributed by atoms with Gasteiger partial charge in [0.15, 0.2) is 0 Å². The van der Waals surface area contributed by atoms with Gasteiger partial charge in [-0.15, -0.1) is 0 Å². The van der Waals surface area contributed by atoms with Gasteiger partial charge in [-0.25, -0.2) is 0 Å². The van der Waals surface area contributed by atoms with E-state index in [1.807, 2.05) is 0 Å². The summed E-state index contributed by atoms with van der Waals surface area (Å²) in [6.07, 6.45) is 7.40.